The highest BCUT2D eigenvalue weighted by Gasteiger charge is 2.31. The Kier molecular flexibility index (Phi) is 4.66. The van der Waals surface area contributed by atoms with Crippen molar-refractivity contribution < 1.29 is 9.90 Å². The van der Waals surface area contributed by atoms with E-state index < -0.39 is 5.60 Å². The van der Waals surface area contributed by atoms with Crippen LogP contribution in [0.5, 0.6) is 0 Å². The van der Waals surface area contributed by atoms with Crippen molar-refractivity contribution in [3.05, 3.63) is 47.5 Å². The van der Waals surface area contributed by atoms with Crippen LogP contribution in [0.3, 0.4) is 0 Å². The summed E-state index contributed by atoms with van der Waals surface area (Å²) in [6, 6.07) is 10.3. The number of hydrogen-bond acceptors (Lipinski definition) is 4. The van der Waals surface area contributed by atoms with E-state index in [0.29, 0.717) is 18.9 Å². The van der Waals surface area contributed by atoms with Crippen LogP contribution in [0.4, 0.5) is 0 Å². The summed E-state index contributed by atoms with van der Waals surface area (Å²) in [5.41, 5.74) is -0.301. The third kappa shape index (κ3) is 3.82. The number of carbonyl (C=O) groups excluding carboxylic acids is 1. The lowest BCUT2D eigenvalue weighted by molar-refractivity contribution is -0.138. The molecule has 0 spiro atoms. The molecule has 0 radical (unpaired) electrons. The zero-order valence-electron chi connectivity index (χ0n) is 14.2. The van der Waals surface area contributed by atoms with Crippen LogP contribution in [0.2, 0.25) is 0 Å². The molecule has 0 aliphatic heterocycles. The van der Waals surface area contributed by atoms with Crippen LogP contribution in [0.1, 0.15) is 49.4 Å². The highest BCUT2D eigenvalue weighted by molar-refractivity contribution is 5.84. The van der Waals surface area contributed by atoms with Crippen molar-refractivity contribution in [1.82, 2.24) is 20.1 Å². The second-order valence-corrected chi connectivity index (χ2v) is 6.71. The summed E-state index contributed by atoms with van der Waals surface area (Å²) in [6.07, 6.45) is 3.29. The molecule has 6 heteroatoms. The van der Waals surface area contributed by atoms with Crippen LogP contribution in [-0.2, 0) is 17.8 Å². The topological polar surface area (TPSA) is 80.0 Å². The molecular formula is C18H24N4O2. The van der Waals surface area contributed by atoms with Crippen LogP contribution in [0, 0.1) is 6.92 Å². The summed E-state index contributed by atoms with van der Waals surface area (Å²) >= 11 is 0. The van der Waals surface area contributed by atoms with E-state index in [-0.39, 0.29) is 12.5 Å². The van der Waals surface area contributed by atoms with Crippen molar-refractivity contribution in [2.75, 3.05) is 0 Å². The van der Waals surface area contributed by atoms with Crippen molar-refractivity contribution in [3.8, 4) is 0 Å². The molecule has 2 aromatic rings. The maximum Gasteiger partial charge on any atom is 0.252 e. The first kappa shape index (κ1) is 16.6. The van der Waals surface area contributed by atoms with E-state index in [1.807, 2.05) is 37.3 Å². The molecule has 1 atom stereocenters. The normalized spacial score (nSPS) is 16.6. The molecule has 1 fully saturated rings. The Hall–Kier alpha value is -2.21. The highest BCUT2D eigenvalue weighted by Crippen LogP contribution is 2.36. The number of hydrogen-bond donors (Lipinski definition) is 2. The minimum absolute atomic E-state index is 0.289. The fraction of sp³-hybridized carbons (Fsp3) is 0.500. The van der Waals surface area contributed by atoms with E-state index in [9.17, 15) is 9.90 Å². The highest BCUT2D eigenvalue weighted by atomic mass is 16.3. The number of carbonyl (C=O) groups is 1. The predicted octanol–water partition coefficient (Wildman–Crippen LogP) is 1.92. The molecular weight excluding hydrogens is 304 g/mol. The largest absolute Gasteiger partial charge is 0.380 e. The van der Waals surface area contributed by atoms with Gasteiger partial charge in [0.2, 0.25) is 0 Å². The van der Waals surface area contributed by atoms with Gasteiger partial charge in [0, 0.05) is 6.04 Å². The maximum absolute atomic E-state index is 12.3. The fourth-order valence-corrected chi connectivity index (χ4v) is 2.84. The molecule has 1 aromatic heterocycles. The molecule has 3 rings (SSSR count). The summed E-state index contributed by atoms with van der Waals surface area (Å²) < 4.78 is 2.08. The molecule has 1 aromatic carbocycles. The van der Waals surface area contributed by atoms with Crippen LogP contribution < -0.4 is 5.32 Å². The van der Waals surface area contributed by atoms with Gasteiger partial charge in [-0.2, -0.15) is 0 Å². The predicted molar refractivity (Wildman–Crippen MR) is 90.3 cm³/mol. The van der Waals surface area contributed by atoms with Crippen LogP contribution >= 0.6 is 0 Å². The molecule has 1 amide bonds. The van der Waals surface area contributed by atoms with Gasteiger partial charge >= 0.3 is 0 Å². The zero-order valence-corrected chi connectivity index (χ0v) is 14.2. The quantitative estimate of drug-likeness (QED) is 0.814. The van der Waals surface area contributed by atoms with Gasteiger partial charge in [-0.1, -0.05) is 30.3 Å². The van der Waals surface area contributed by atoms with Crippen molar-refractivity contribution in [1.29, 1.82) is 0 Å². The molecule has 1 saturated carbocycles. The Labute approximate surface area is 141 Å². The van der Waals surface area contributed by atoms with E-state index in [1.165, 1.54) is 0 Å². The van der Waals surface area contributed by atoms with Gasteiger partial charge in [-0.3, -0.25) is 4.79 Å². The monoisotopic (exact) mass is 328 g/mol. The first-order valence-electron chi connectivity index (χ1n) is 8.42. The third-order valence-corrected chi connectivity index (χ3v) is 4.49. The molecule has 1 unspecified atom stereocenters. The van der Waals surface area contributed by atoms with Crippen molar-refractivity contribution in [2.24, 2.45) is 0 Å². The first-order chi connectivity index (χ1) is 11.5. The molecule has 0 bridgehead atoms. The Bertz CT molecular complexity index is 705. The van der Waals surface area contributed by atoms with E-state index in [0.717, 1.165) is 30.1 Å². The molecule has 0 saturated heterocycles. The number of aliphatic hydroxyl groups is 1. The molecule has 6 nitrogen and oxygen atoms in total. The number of nitrogens with zero attached hydrogens (tertiary/aromatic N) is 3. The van der Waals surface area contributed by atoms with E-state index in [4.69, 9.17) is 0 Å². The lowest BCUT2D eigenvalue weighted by Gasteiger charge is -2.22. The summed E-state index contributed by atoms with van der Waals surface area (Å²) in [7, 11) is 0. The zero-order chi connectivity index (χ0) is 17.2. The first-order valence-corrected chi connectivity index (χ1v) is 8.42. The number of aryl methyl sites for hydroxylation is 2. The minimum Gasteiger partial charge on any atom is -0.380 e. The van der Waals surface area contributed by atoms with E-state index >= 15 is 0 Å². The van der Waals surface area contributed by atoms with Gasteiger partial charge in [0.25, 0.3) is 5.91 Å². The summed E-state index contributed by atoms with van der Waals surface area (Å²) in [6.45, 7) is 3.77. The Morgan fingerprint density at radius 1 is 1.33 bits per heavy atom. The number of rotatable bonds is 7. The summed E-state index contributed by atoms with van der Waals surface area (Å²) in [5.74, 6) is 1.25. The van der Waals surface area contributed by atoms with Gasteiger partial charge in [0.05, 0.1) is 6.54 Å². The molecule has 1 aliphatic rings. The minimum atomic E-state index is -1.41. The molecule has 24 heavy (non-hydrogen) atoms. The molecule has 1 aliphatic carbocycles. The van der Waals surface area contributed by atoms with Gasteiger partial charge in [-0.15, -0.1) is 10.2 Å². The lowest BCUT2D eigenvalue weighted by Crippen LogP contribution is -2.44. The average molecular weight is 328 g/mol. The van der Waals surface area contributed by atoms with Crippen LogP contribution in [0.25, 0.3) is 0 Å². The third-order valence-electron chi connectivity index (χ3n) is 4.49. The van der Waals surface area contributed by atoms with Crippen LogP contribution in [0.15, 0.2) is 30.3 Å². The average Bonchev–Trinajstić information content (AvgIpc) is 3.34. The second-order valence-electron chi connectivity index (χ2n) is 6.71. The fourth-order valence-electron chi connectivity index (χ4n) is 2.84. The second kappa shape index (κ2) is 6.73. The van der Waals surface area contributed by atoms with Gasteiger partial charge < -0.3 is 15.0 Å². The van der Waals surface area contributed by atoms with Crippen molar-refractivity contribution >= 4 is 5.91 Å². The Morgan fingerprint density at radius 3 is 2.71 bits per heavy atom. The smallest absolute Gasteiger partial charge is 0.252 e. The lowest BCUT2D eigenvalue weighted by atomic mass is 9.96. The molecule has 2 N–H and O–H groups in total. The number of benzene rings is 1. The Morgan fingerprint density at radius 2 is 2.04 bits per heavy atom. The van der Waals surface area contributed by atoms with Gasteiger partial charge in [0.15, 0.2) is 5.82 Å². The standard InChI is InChI=1S/C18H24N4O2/c1-13-20-21-16(22(13)15-8-9-15)12-19-17(23)18(2,24)11-10-14-6-4-3-5-7-14/h3-7,15,24H,8-12H2,1-2H3,(H,19,23). The van der Waals surface area contributed by atoms with Gasteiger partial charge in [0.1, 0.15) is 11.4 Å². The van der Waals surface area contributed by atoms with Crippen LogP contribution in [-0.4, -0.2) is 31.4 Å². The van der Waals surface area contributed by atoms with Crippen molar-refractivity contribution in [2.45, 2.75) is 57.7 Å². The SMILES string of the molecule is Cc1nnc(CNC(=O)C(C)(O)CCc2ccccc2)n1C1CC1. The van der Waals surface area contributed by atoms with Gasteiger partial charge in [-0.05, 0) is 45.1 Å². The number of aromatic nitrogens is 3. The molecule has 128 valence electrons. The van der Waals surface area contributed by atoms with E-state index in [2.05, 4.69) is 20.1 Å². The number of nitrogens with one attached hydrogen (secondary N) is 1. The van der Waals surface area contributed by atoms with Gasteiger partial charge in [-0.25, -0.2) is 0 Å². The summed E-state index contributed by atoms with van der Waals surface area (Å²) in [4.78, 5) is 12.3. The van der Waals surface area contributed by atoms with Crippen molar-refractivity contribution in [3.63, 3.8) is 0 Å². The molecule has 1 heterocycles. The maximum atomic E-state index is 12.3. The Balaban J connectivity index is 1.55. The number of amides is 1. The van der Waals surface area contributed by atoms with E-state index in [1.54, 1.807) is 6.92 Å². The summed E-state index contributed by atoms with van der Waals surface area (Å²) in [5, 5.41) is 21.5.